The Morgan fingerprint density at radius 2 is 1.90 bits per heavy atom. The average Bonchev–Trinajstić information content (AvgIpc) is 2.80. The van der Waals surface area contributed by atoms with E-state index in [1.165, 1.54) is 6.33 Å². The highest BCUT2D eigenvalue weighted by atomic mass is 35.5. The van der Waals surface area contributed by atoms with Crippen LogP contribution in [0.25, 0.3) is 11.1 Å². The van der Waals surface area contributed by atoms with E-state index >= 15 is 0 Å². The number of amides is 1. The molecule has 31 heavy (non-hydrogen) atoms. The number of nitrogens with one attached hydrogen (secondary N) is 1. The molecule has 1 amide bonds. The first-order chi connectivity index (χ1) is 15.1. The monoisotopic (exact) mass is 437 g/mol. The maximum absolute atomic E-state index is 13.1. The summed E-state index contributed by atoms with van der Waals surface area (Å²) in [5.74, 6) is 3.38. The number of nitrogens with zero attached hydrogens (tertiary/aromatic N) is 2. The first kappa shape index (κ1) is 22.1. The molecule has 3 aromatic rings. The van der Waals surface area contributed by atoms with Gasteiger partial charge >= 0.3 is 0 Å². The molecule has 0 aliphatic carbocycles. The molecular weight excluding hydrogens is 418 g/mol. The molecule has 1 heterocycles. The van der Waals surface area contributed by atoms with Crippen molar-refractivity contribution in [2.45, 2.75) is 6.10 Å². The van der Waals surface area contributed by atoms with Crippen LogP contribution in [0.3, 0.4) is 0 Å². The van der Waals surface area contributed by atoms with Gasteiger partial charge in [-0.3, -0.25) is 4.79 Å². The number of carbonyl (C=O) groups excluding carboxylic acids is 1. The number of methoxy groups -OCH3 is 2. The van der Waals surface area contributed by atoms with Gasteiger partial charge in [0.1, 0.15) is 18.8 Å². The van der Waals surface area contributed by atoms with E-state index in [0.717, 1.165) is 5.56 Å². The minimum absolute atomic E-state index is 0.0347. The number of rotatable bonds is 8. The lowest BCUT2D eigenvalue weighted by Gasteiger charge is -2.18. The van der Waals surface area contributed by atoms with Crippen molar-refractivity contribution >= 4 is 23.3 Å². The summed E-state index contributed by atoms with van der Waals surface area (Å²) >= 11 is 5.96. The van der Waals surface area contributed by atoms with Gasteiger partial charge in [0.2, 0.25) is 0 Å². The fourth-order valence-corrected chi connectivity index (χ4v) is 3.04. The fraction of sp³-hybridized carbons (Fsp3) is 0.174. The maximum atomic E-state index is 13.1. The van der Waals surface area contributed by atoms with Crippen molar-refractivity contribution in [1.82, 2.24) is 9.97 Å². The Hall–Kier alpha value is -3.60. The highest BCUT2D eigenvalue weighted by Gasteiger charge is 2.23. The lowest BCUT2D eigenvalue weighted by atomic mass is 10.1. The SMILES string of the molecule is C#CCOC(C(=O)Nc1ncncc1-c1ccc(OC)c(OC)c1)c1ccc(Cl)cc1. The van der Waals surface area contributed by atoms with E-state index < -0.39 is 12.0 Å². The van der Waals surface area contributed by atoms with Crippen molar-refractivity contribution in [3.63, 3.8) is 0 Å². The minimum Gasteiger partial charge on any atom is -0.493 e. The van der Waals surface area contributed by atoms with Gasteiger partial charge in [0, 0.05) is 16.8 Å². The zero-order valence-electron chi connectivity index (χ0n) is 17.0. The molecule has 0 bridgehead atoms. The zero-order chi connectivity index (χ0) is 22.2. The van der Waals surface area contributed by atoms with E-state index in [2.05, 4.69) is 21.2 Å². The smallest absolute Gasteiger partial charge is 0.259 e. The van der Waals surface area contributed by atoms with E-state index in [0.29, 0.717) is 33.5 Å². The molecule has 158 valence electrons. The Bertz CT molecular complexity index is 1100. The van der Waals surface area contributed by atoms with Crippen LogP contribution in [0.2, 0.25) is 5.02 Å². The van der Waals surface area contributed by atoms with Gasteiger partial charge in [0.15, 0.2) is 17.6 Å². The Balaban J connectivity index is 1.92. The number of hydrogen-bond acceptors (Lipinski definition) is 6. The number of carbonyl (C=O) groups is 1. The molecule has 0 fully saturated rings. The van der Waals surface area contributed by atoms with Crippen LogP contribution in [0, 0.1) is 12.3 Å². The van der Waals surface area contributed by atoms with Gasteiger partial charge < -0.3 is 19.5 Å². The van der Waals surface area contributed by atoms with Crippen molar-refractivity contribution in [2.75, 3.05) is 26.1 Å². The molecule has 0 saturated heterocycles. The normalized spacial score (nSPS) is 11.3. The molecule has 0 radical (unpaired) electrons. The Labute approximate surface area is 185 Å². The van der Waals surface area contributed by atoms with Crippen molar-refractivity contribution in [2.24, 2.45) is 0 Å². The number of benzene rings is 2. The second kappa shape index (κ2) is 10.4. The van der Waals surface area contributed by atoms with Gasteiger partial charge in [-0.25, -0.2) is 9.97 Å². The van der Waals surface area contributed by atoms with Crippen LogP contribution in [0.15, 0.2) is 55.0 Å². The van der Waals surface area contributed by atoms with E-state index in [1.54, 1.807) is 56.8 Å². The van der Waals surface area contributed by atoms with Crippen LogP contribution in [-0.2, 0) is 9.53 Å². The molecule has 0 aliphatic rings. The largest absolute Gasteiger partial charge is 0.493 e. The summed E-state index contributed by atoms with van der Waals surface area (Å²) in [5.41, 5.74) is 1.95. The van der Waals surface area contributed by atoms with Gasteiger partial charge in [-0.15, -0.1) is 6.42 Å². The number of ether oxygens (including phenoxy) is 3. The number of anilines is 1. The predicted octanol–water partition coefficient (Wildman–Crippen LogP) is 4.14. The van der Waals surface area contributed by atoms with Crippen molar-refractivity contribution in [3.8, 4) is 35.0 Å². The standard InChI is InChI=1S/C23H20ClN3O4/c1-4-11-31-21(15-5-8-17(24)9-6-15)23(28)27-22-18(13-25-14-26-22)16-7-10-19(29-2)20(12-16)30-3/h1,5-10,12-14,21H,11H2,2-3H3,(H,25,26,27,28). The topological polar surface area (TPSA) is 82.6 Å². The number of terminal acetylenes is 1. The molecule has 0 saturated carbocycles. The summed E-state index contributed by atoms with van der Waals surface area (Å²) in [7, 11) is 3.10. The lowest BCUT2D eigenvalue weighted by molar-refractivity contribution is -0.127. The first-order valence-corrected chi connectivity index (χ1v) is 9.59. The van der Waals surface area contributed by atoms with Gasteiger partial charge in [-0.2, -0.15) is 0 Å². The quantitative estimate of drug-likeness (QED) is 0.533. The second-order valence-corrected chi connectivity index (χ2v) is 6.73. The molecule has 8 heteroatoms. The number of hydrogen-bond donors (Lipinski definition) is 1. The van der Waals surface area contributed by atoms with Crippen LogP contribution < -0.4 is 14.8 Å². The summed E-state index contributed by atoms with van der Waals surface area (Å²) in [4.78, 5) is 21.4. The fourth-order valence-electron chi connectivity index (χ4n) is 2.92. The highest BCUT2D eigenvalue weighted by molar-refractivity contribution is 6.30. The Kier molecular flexibility index (Phi) is 7.44. The van der Waals surface area contributed by atoms with Gasteiger partial charge in [0.05, 0.1) is 14.2 Å². The third kappa shape index (κ3) is 5.31. The van der Waals surface area contributed by atoms with Crippen LogP contribution in [0.1, 0.15) is 11.7 Å². The van der Waals surface area contributed by atoms with Gasteiger partial charge in [0.25, 0.3) is 5.91 Å². The van der Waals surface area contributed by atoms with Gasteiger partial charge in [-0.05, 0) is 35.4 Å². The number of aromatic nitrogens is 2. The van der Waals surface area contributed by atoms with Crippen molar-refractivity contribution < 1.29 is 19.0 Å². The number of halogens is 1. The highest BCUT2D eigenvalue weighted by Crippen LogP contribution is 2.34. The summed E-state index contributed by atoms with van der Waals surface area (Å²) < 4.78 is 16.2. The molecule has 2 aromatic carbocycles. The molecule has 3 rings (SSSR count). The zero-order valence-corrected chi connectivity index (χ0v) is 17.7. The minimum atomic E-state index is -0.943. The molecule has 1 unspecified atom stereocenters. The van der Waals surface area contributed by atoms with Crippen LogP contribution in [0.4, 0.5) is 5.82 Å². The maximum Gasteiger partial charge on any atom is 0.259 e. The van der Waals surface area contributed by atoms with Crippen LogP contribution >= 0.6 is 11.6 Å². The van der Waals surface area contributed by atoms with E-state index in [1.807, 2.05) is 6.07 Å². The second-order valence-electron chi connectivity index (χ2n) is 6.29. The van der Waals surface area contributed by atoms with Crippen LogP contribution in [-0.4, -0.2) is 36.7 Å². The summed E-state index contributed by atoms with van der Waals surface area (Å²) in [6.07, 6.45) is 7.32. The van der Waals surface area contributed by atoms with E-state index in [-0.39, 0.29) is 6.61 Å². The van der Waals surface area contributed by atoms with Gasteiger partial charge in [-0.1, -0.05) is 35.7 Å². The van der Waals surface area contributed by atoms with Crippen molar-refractivity contribution in [3.05, 3.63) is 65.6 Å². The molecule has 0 aliphatic heterocycles. The predicted molar refractivity (Wildman–Crippen MR) is 118 cm³/mol. The Morgan fingerprint density at radius 3 is 2.58 bits per heavy atom. The molecule has 1 aromatic heterocycles. The lowest BCUT2D eigenvalue weighted by Crippen LogP contribution is -2.24. The van der Waals surface area contributed by atoms with E-state index in [9.17, 15) is 4.79 Å². The summed E-state index contributed by atoms with van der Waals surface area (Å²) in [6, 6.07) is 12.1. The van der Waals surface area contributed by atoms with E-state index in [4.69, 9.17) is 32.2 Å². The third-order valence-electron chi connectivity index (χ3n) is 4.39. The molecule has 1 N–H and O–H groups in total. The molecule has 0 spiro atoms. The summed E-state index contributed by atoms with van der Waals surface area (Å²) in [6.45, 7) is -0.0347. The molecule has 7 nitrogen and oxygen atoms in total. The summed E-state index contributed by atoms with van der Waals surface area (Å²) in [5, 5.41) is 3.36. The molecular formula is C23H20ClN3O4. The molecule has 1 atom stereocenters. The third-order valence-corrected chi connectivity index (χ3v) is 4.64. The van der Waals surface area contributed by atoms with Crippen LogP contribution in [0.5, 0.6) is 11.5 Å². The Morgan fingerprint density at radius 1 is 1.16 bits per heavy atom. The average molecular weight is 438 g/mol. The first-order valence-electron chi connectivity index (χ1n) is 9.21. The van der Waals surface area contributed by atoms with Crippen molar-refractivity contribution in [1.29, 1.82) is 0 Å².